The summed E-state index contributed by atoms with van der Waals surface area (Å²) in [6, 6.07) is 17.8. The second-order valence-corrected chi connectivity index (χ2v) is 12.5. The lowest BCUT2D eigenvalue weighted by Gasteiger charge is -2.30. The van der Waals surface area contributed by atoms with Gasteiger partial charge in [0.25, 0.3) is 0 Å². The van der Waals surface area contributed by atoms with E-state index >= 15 is 0 Å². The monoisotopic (exact) mass is 513 g/mol. The second kappa shape index (κ2) is 10.6. The van der Waals surface area contributed by atoms with Gasteiger partial charge in [0.1, 0.15) is 4.75 Å². The van der Waals surface area contributed by atoms with Gasteiger partial charge in [-0.05, 0) is 55.2 Å². The summed E-state index contributed by atoms with van der Waals surface area (Å²) in [5.41, 5.74) is 5.70. The molecule has 0 bridgehead atoms. The summed E-state index contributed by atoms with van der Waals surface area (Å²) < 4.78 is 26.1. The van der Waals surface area contributed by atoms with Gasteiger partial charge in [0.2, 0.25) is 5.91 Å². The third kappa shape index (κ3) is 5.48. The van der Waals surface area contributed by atoms with Crippen LogP contribution in [0.4, 0.5) is 0 Å². The molecule has 0 spiro atoms. The first-order valence-corrected chi connectivity index (χ1v) is 14.2. The number of nitrogens with one attached hydrogen (secondary N) is 1. The maximum atomic E-state index is 13.8. The molecule has 0 unspecified atom stereocenters. The third-order valence-electron chi connectivity index (χ3n) is 6.71. The van der Waals surface area contributed by atoms with Crippen molar-refractivity contribution in [3.63, 3.8) is 0 Å². The van der Waals surface area contributed by atoms with Crippen molar-refractivity contribution in [3.05, 3.63) is 76.4 Å². The first kappa shape index (κ1) is 25.5. The fraction of sp³-hybridized carbons (Fsp3) is 0.385. The van der Waals surface area contributed by atoms with Gasteiger partial charge in [-0.15, -0.1) is 11.3 Å². The Morgan fingerprint density at radius 2 is 1.91 bits per heavy atom. The fourth-order valence-electron chi connectivity index (χ4n) is 4.63. The molecule has 2 aromatic heterocycles. The molecule has 9 heteroatoms. The molecule has 2 N–H and O–H groups in total. The van der Waals surface area contributed by atoms with E-state index in [4.69, 9.17) is 0 Å². The molecule has 0 radical (unpaired) electrons. The van der Waals surface area contributed by atoms with Gasteiger partial charge in [0.05, 0.1) is 17.9 Å². The number of sulfone groups is 1. The SMILES string of the molecule is CCc1ccc(-c2ccc([C@@]3(CC(=O)NO)CCN(Cc4cccc(C)n4)CCS3(=O)=O)s2)cc1. The highest BCUT2D eigenvalue weighted by Crippen LogP contribution is 2.45. The molecule has 186 valence electrons. The Labute approximate surface area is 210 Å². The summed E-state index contributed by atoms with van der Waals surface area (Å²) in [5, 5.41) is 9.26. The van der Waals surface area contributed by atoms with Crippen LogP contribution in [-0.4, -0.2) is 48.3 Å². The summed E-state index contributed by atoms with van der Waals surface area (Å²) in [7, 11) is -3.72. The summed E-state index contributed by atoms with van der Waals surface area (Å²) in [6.45, 7) is 5.42. The topological polar surface area (TPSA) is 99.6 Å². The van der Waals surface area contributed by atoms with Crippen LogP contribution in [0.15, 0.2) is 54.6 Å². The van der Waals surface area contributed by atoms with Crippen LogP contribution in [0.2, 0.25) is 0 Å². The molecule has 0 aliphatic carbocycles. The smallest absolute Gasteiger partial charge is 0.245 e. The molecule has 1 aromatic carbocycles. The fourth-order valence-corrected chi connectivity index (χ4v) is 8.28. The minimum Gasteiger partial charge on any atom is -0.296 e. The average molecular weight is 514 g/mol. The number of hydroxylamine groups is 1. The van der Waals surface area contributed by atoms with E-state index in [0.717, 1.165) is 28.2 Å². The molecule has 3 heterocycles. The zero-order valence-corrected chi connectivity index (χ0v) is 21.7. The number of thiophene rings is 1. The number of aromatic nitrogens is 1. The minimum absolute atomic E-state index is 0.0735. The summed E-state index contributed by atoms with van der Waals surface area (Å²) in [4.78, 5) is 20.6. The van der Waals surface area contributed by atoms with E-state index in [2.05, 4.69) is 28.9 Å². The van der Waals surface area contributed by atoms with Gasteiger partial charge >= 0.3 is 0 Å². The first-order chi connectivity index (χ1) is 16.8. The highest BCUT2D eigenvalue weighted by Gasteiger charge is 2.49. The lowest BCUT2D eigenvalue weighted by atomic mass is 9.97. The van der Waals surface area contributed by atoms with Gasteiger partial charge < -0.3 is 0 Å². The Hall–Kier alpha value is -2.59. The molecule has 3 aromatic rings. The largest absolute Gasteiger partial charge is 0.296 e. The number of pyridine rings is 1. The van der Waals surface area contributed by atoms with Crippen molar-refractivity contribution in [3.8, 4) is 10.4 Å². The van der Waals surface area contributed by atoms with Crippen LogP contribution in [-0.2, 0) is 32.3 Å². The maximum absolute atomic E-state index is 13.8. The van der Waals surface area contributed by atoms with Gasteiger partial charge in [0.15, 0.2) is 9.84 Å². The molecule has 0 saturated carbocycles. The number of hydrogen-bond acceptors (Lipinski definition) is 7. The van der Waals surface area contributed by atoms with E-state index in [0.29, 0.717) is 24.5 Å². The standard InChI is InChI=1S/C26H31N3O4S2/c1-3-20-7-9-21(10-8-20)23-11-12-24(34-23)26(17-25(30)28-31)13-14-29(15-16-35(26,32)33)18-22-6-4-5-19(2)27-22/h4-12,31H,3,13-18H2,1-2H3,(H,28,30)/t26-/m0/s1. The van der Waals surface area contributed by atoms with Gasteiger partial charge in [-0.2, -0.15) is 0 Å². The van der Waals surface area contributed by atoms with Crippen molar-refractivity contribution in [2.45, 2.75) is 44.4 Å². The first-order valence-electron chi connectivity index (χ1n) is 11.8. The molecule has 35 heavy (non-hydrogen) atoms. The summed E-state index contributed by atoms with van der Waals surface area (Å²) in [5.74, 6) is -0.778. The molecule has 1 aliphatic heterocycles. The van der Waals surface area contributed by atoms with E-state index in [1.165, 1.54) is 16.9 Å². The maximum Gasteiger partial charge on any atom is 0.245 e. The van der Waals surface area contributed by atoms with Crippen LogP contribution in [0.1, 0.15) is 41.6 Å². The Balaban J connectivity index is 1.67. The quantitative estimate of drug-likeness (QED) is 0.365. The van der Waals surface area contributed by atoms with Crippen molar-refractivity contribution in [2.75, 3.05) is 18.8 Å². The average Bonchev–Trinajstić information content (AvgIpc) is 3.31. The molecule has 1 amide bonds. The molecule has 7 nitrogen and oxygen atoms in total. The molecule has 1 atom stereocenters. The molecule has 1 fully saturated rings. The van der Waals surface area contributed by atoms with Crippen LogP contribution in [0.3, 0.4) is 0 Å². The molecular weight excluding hydrogens is 482 g/mol. The van der Waals surface area contributed by atoms with Gasteiger partial charge in [-0.3, -0.25) is 19.9 Å². The Morgan fingerprint density at radius 1 is 1.14 bits per heavy atom. The van der Waals surface area contributed by atoms with Crippen LogP contribution in [0, 0.1) is 6.92 Å². The van der Waals surface area contributed by atoms with Crippen molar-refractivity contribution < 1.29 is 18.4 Å². The van der Waals surface area contributed by atoms with Crippen molar-refractivity contribution >= 4 is 27.1 Å². The van der Waals surface area contributed by atoms with Crippen LogP contribution < -0.4 is 5.48 Å². The highest BCUT2D eigenvalue weighted by molar-refractivity contribution is 7.92. The zero-order valence-electron chi connectivity index (χ0n) is 20.0. The van der Waals surface area contributed by atoms with E-state index < -0.39 is 20.5 Å². The number of benzene rings is 1. The number of aryl methyl sites for hydroxylation is 2. The van der Waals surface area contributed by atoms with Gasteiger partial charge in [-0.1, -0.05) is 37.3 Å². The Kier molecular flexibility index (Phi) is 7.70. The molecule has 4 rings (SSSR count). The normalized spacial score (nSPS) is 20.3. The number of amides is 1. The Bertz CT molecular complexity index is 1290. The third-order valence-corrected chi connectivity index (χ3v) is 10.7. The number of carbonyl (C=O) groups excluding carboxylic acids is 1. The predicted octanol–water partition coefficient (Wildman–Crippen LogP) is 4.09. The van der Waals surface area contributed by atoms with Crippen LogP contribution in [0.5, 0.6) is 0 Å². The summed E-state index contributed by atoms with van der Waals surface area (Å²) in [6.07, 6.45) is 0.878. The van der Waals surface area contributed by atoms with Crippen molar-refractivity contribution in [1.29, 1.82) is 0 Å². The van der Waals surface area contributed by atoms with Crippen LogP contribution >= 0.6 is 11.3 Å². The molecule has 1 aliphatic rings. The van der Waals surface area contributed by atoms with Crippen LogP contribution in [0.25, 0.3) is 10.4 Å². The highest BCUT2D eigenvalue weighted by atomic mass is 32.2. The van der Waals surface area contributed by atoms with Crippen molar-refractivity contribution in [1.82, 2.24) is 15.4 Å². The number of nitrogens with zero attached hydrogens (tertiary/aromatic N) is 2. The van der Waals surface area contributed by atoms with Gasteiger partial charge in [-0.25, -0.2) is 13.9 Å². The number of carbonyl (C=O) groups is 1. The molecular formula is C26H31N3O4S2. The minimum atomic E-state index is -3.72. The van der Waals surface area contributed by atoms with E-state index in [1.54, 1.807) is 5.48 Å². The Morgan fingerprint density at radius 3 is 2.60 bits per heavy atom. The van der Waals surface area contributed by atoms with Crippen molar-refractivity contribution in [2.24, 2.45) is 0 Å². The zero-order chi connectivity index (χ0) is 25.1. The predicted molar refractivity (Wildman–Crippen MR) is 138 cm³/mol. The van der Waals surface area contributed by atoms with E-state index in [9.17, 15) is 18.4 Å². The number of hydrogen-bond donors (Lipinski definition) is 2. The van der Waals surface area contributed by atoms with Gasteiger partial charge in [0, 0.05) is 35.1 Å². The lowest BCUT2D eigenvalue weighted by Crippen LogP contribution is -2.41. The lowest BCUT2D eigenvalue weighted by molar-refractivity contribution is -0.130. The van der Waals surface area contributed by atoms with E-state index in [-0.39, 0.29) is 18.6 Å². The molecule has 1 saturated heterocycles. The number of rotatable bonds is 7. The summed E-state index contributed by atoms with van der Waals surface area (Å²) >= 11 is 1.40. The van der Waals surface area contributed by atoms with E-state index in [1.807, 2.05) is 49.4 Å². The second-order valence-electron chi connectivity index (χ2n) is 9.04.